The Morgan fingerprint density at radius 1 is 1.00 bits per heavy atom. The highest BCUT2D eigenvalue weighted by Crippen LogP contribution is 2.03. The molecule has 2 aromatic heterocycles. The molecule has 0 aliphatic rings. The fourth-order valence-corrected chi connectivity index (χ4v) is 2.15. The van der Waals surface area contributed by atoms with Gasteiger partial charge in [0.15, 0.2) is 5.69 Å². The number of aromatic nitrogens is 3. The maximum Gasteiger partial charge on any atom is 0.357 e. The summed E-state index contributed by atoms with van der Waals surface area (Å²) >= 11 is 0. The SMILES string of the molecule is COC(=O)c1cccn2c(=O)n(-c3ccccc3)c(=O)n12. The van der Waals surface area contributed by atoms with E-state index in [1.54, 1.807) is 30.3 Å². The number of carbonyl (C=O) groups is 1. The molecule has 0 aliphatic carbocycles. The van der Waals surface area contributed by atoms with Gasteiger partial charge in [-0.05, 0) is 24.3 Å². The molecule has 1 aromatic carbocycles. The predicted octanol–water partition coefficient (Wildman–Crippen LogP) is 0.337. The van der Waals surface area contributed by atoms with E-state index in [2.05, 4.69) is 4.74 Å². The van der Waals surface area contributed by atoms with Gasteiger partial charge in [0.05, 0.1) is 12.8 Å². The highest BCUT2D eigenvalue weighted by molar-refractivity contribution is 5.87. The van der Waals surface area contributed by atoms with Gasteiger partial charge < -0.3 is 4.74 Å². The number of esters is 1. The zero-order valence-corrected chi connectivity index (χ0v) is 11.1. The fraction of sp³-hybridized carbons (Fsp3) is 0.0714. The van der Waals surface area contributed by atoms with Crippen LogP contribution in [0.25, 0.3) is 5.69 Å². The van der Waals surface area contributed by atoms with Crippen molar-refractivity contribution < 1.29 is 9.53 Å². The second kappa shape index (κ2) is 4.78. The largest absolute Gasteiger partial charge is 0.464 e. The summed E-state index contributed by atoms with van der Waals surface area (Å²) in [6.07, 6.45) is 1.41. The summed E-state index contributed by atoms with van der Waals surface area (Å²) in [7, 11) is 1.21. The minimum Gasteiger partial charge on any atom is -0.464 e. The van der Waals surface area contributed by atoms with Crippen molar-refractivity contribution in [2.24, 2.45) is 0 Å². The highest BCUT2D eigenvalue weighted by atomic mass is 16.5. The number of ether oxygens (including phenoxy) is 1. The van der Waals surface area contributed by atoms with Gasteiger partial charge in [-0.2, -0.15) is 4.52 Å². The average Bonchev–Trinajstić information content (AvgIpc) is 2.79. The van der Waals surface area contributed by atoms with Crippen LogP contribution in [0.2, 0.25) is 0 Å². The summed E-state index contributed by atoms with van der Waals surface area (Å²) in [6, 6.07) is 11.4. The second-order valence-electron chi connectivity index (χ2n) is 4.28. The van der Waals surface area contributed by atoms with Gasteiger partial charge >= 0.3 is 17.3 Å². The standard InChI is InChI=1S/C14H11N3O4/c1-21-12(18)11-8-5-9-15-13(19)16(14(20)17(11)15)10-6-3-2-4-7-10/h2-9H,1H3. The molecule has 3 aromatic rings. The first-order valence-corrected chi connectivity index (χ1v) is 6.14. The van der Waals surface area contributed by atoms with E-state index in [0.717, 1.165) is 13.6 Å². The molecule has 0 radical (unpaired) electrons. The number of methoxy groups -OCH3 is 1. The Bertz CT molecular complexity index is 934. The number of para-hydroxylation sites is 1. The molecule has 3 rings (SSSR count). The maximum absolute atomic E-state index is 12.5. The quantitative estimate of drug-likeness (QED) is 0.636. The van der Waals surface area contributed by atoms with Crippen LogP contribution in [-0.4, -0.2) is 26.7 Å². The Hall–Kier alpha value is -3.09. The molecule has 106 valence electrons. The Balaban J connectivity index is 2.43. The molecule has 0 unspecified atom stereocenters. The maximum atomic E-state index is 12.5. The van der Waals surface area contributed by atoms with E-state index in [-0.39, 0.29) is 5.69 Å². The molecule has 7 heteroatoms. The first-order valence-electron chi connectivity index (χ1n) is 6.14. The van der Waals surface area contributed by atoms with Crippen LogP contribution in [-0.2, 0) is 4.74 Å². The molecule has 0 aliphatic heterocycles. The summed E-state index contributed by atoms with van der Waals surface area (Å²) < 4.78 is 7.68. The number of benzene rings is 1. The minimum absolute atomic E-state index is 0.0169. The number of rotatable bonds is 2. The van der Waals surface area contributed by atoms with Crippen LogP contribution in [0.1, 0.15) is 10.5 Å². The number of hydrogen-bond acceptors (Lipinski definition) is 4. The average molecular weight is 285 g/mol. The molecule has 0 spiro atoms. The lowest BCUT2D eigenvalue weighted by molar-refractivity contribution is 0.0588. The van der Waals surface area contributed by atoms with E-state index in [1.807, 2.05) is 0 Å². The molecule has 0 atom stereocenters. The lowest BCUT2D eigenvalue weighted by atomic mass is 10.3. The van der Waals surface area contributed by atoms with Gasteiger partial charge in [0, 0.05) is 6.20 Å². The van der Waals surface area contributed by atoms with Gasteiger partial charge in [0.25, 0.3) is 0 Å². The van der Waals surface area contributed by atoms with E-state index in [1.165, 1.54) is 25.4 Å². The van der Waals surface area contributed by atoms with Crippen molar-refractivity contribution in [2.45, 2.75) is 0 Å². The van der Waals surface area contributed by atoms with Crippen LogP contribution < -0.4 is 11.4 Å². The van der Waals surface area contributed by atoms with Gasteiger partial charge in [-0.15, -0.1) is 0 Å². The highest BCUT2D eigenvalue weighted by Gasteiger charge is 2.18. The Morgan fingerprint density at radius 3 is 2.38 bits per heavy atom. The summed E-state index contributed by atoms with van der Waals surface area (Å²) in [5, 5.41) is 0. The number of hydrogen-bond donors (Lipinski definition) is 0. The first-order chi connectivity index (χ1) is 10.1. The summed E-state index contributed by atoms with van der Waals surface area (Å²) in [6.45, 7) is 0. The molecule has 2 heterocycles. The van der Waals surface area contributed by atoms with Crippen molar-refractivity contribution in [2.75, 3.05) is 7.11 Å². The Kier molecular flexibility index (Phi) is 2.94. The monoisotopic (exact) mass is 285 g/mol. The zero-order chi connectivity index (χ0) is 15.0. The topological polar surface area (TPSA) is 74.2 Å². The molecule has 0 fully saturated rings. The summed E-state index contributed by atoms with van der Waals surface area (Å²) in [4.78, 5) is 36.6. The molecule has 0 amide bonds. The van der Waals surface area contributed by atoms with Crippen LogP contribution in [0.5, 0.6) is 0 Å². The lowest BCUT2D eigenvalue weighted by Crippen LogP contribution is -2.26. The van der Waals surface area contributed by atoms with Crippen LogP contribution >= 0.6 is 0 Å². The number of nitrogens with zero attached hydrogens (tertiary/aromatic N) is 3. The van der Waals surface area contributed by atoms with Crippen LogP contribution in [0.3, 0.4) is 0 Å². The third-order valence-corrected chi connectivity index (χ3v) is 3.09. The third kappa shape index (κ3) is 1.86. The minimum atomic E-state index is -0.694. The molecule has 0 bridgehead atoms. The van der Waals surface area contributed by atoms with E-state index >= 15 is 0 Å². The summed E-state index contributed by atoms with van der Waals surface area (Å²) in [5.41, 5.74) is -0.777. The van der Waals surface area contributed by atoms with Gasteiger partial charge in [0.1, 0.15) is 0 Å². The Morgan fingerprint density at radius 2 is 1.71 bits per heavy atom. The summed E-state index contributed by atoms with van der Waals surface area (Å²) in [5.74, 6) is -0.694. The van der Waals surface area contributed by atoms with Crippen molar-refractivity contribution >= 4 is 5.97 Å². The van der Waals surface area contributed by atoms with E-state index in [9.17, 15) is 14.4 Å². The molecular formula is C14H11N3O4. The van der Waals surface area contributed by atoms with Crippen molar-refractivity contribution in [1.82, 2.24) is 13.6 Å². The van der Waals surface area contributed by atoms with E-state index in [4.69, 9.17) is 0 Å². The van der Waals surface area contributed by atoms with Gasteiger partial charge in [-0.25, -0.2) is 23.5 Å². The van der Waals surface area contributed by atoms with E-state index in [0.29, 0.717) is 5.69 Å². The first kappa shape index (κ1) is 12.9. The molecule has 0 saturated carbocycles. The lowest BCUT2D eigenvalue weighted by Gasteiger charge is -2.01. The molecule has 7 nitrogen and oxygen atoms in total. The van der Waals surface area contributed by atoms with Crippen molar-refractivity contribution in [3.8, 4) is 5.69 Å². The third-order valence-electron chi connectivity index (χ3n) is 3.09. The van der Waals surface area contributed by atoms with Gasteiger partial charge in [0.2, 0.25) is 0 Å². The predicted molar refractivity (Wildman–Crippen MR) is 74.1 cm³/mol. The van der Waals surface area contributed by atoms with Crippen molar-refractivity contribution in [3.63, 3.8) is 0 Å². The molecular weight excluding hydrogens is 274 g/mol. The van der Waals surface area contributed by atoms with Crippen LogP contribution in [0, 0.1) is 0 Å². The van der Waals surface area contributed by atoms with Crippen molar-refractivity contribution in [3.05, 3.63) is 75.3 Å². The second-order valence-corrected chi connectivity index (χ2v) is 4.28. The zero-order valence-electron chi connectivity index (χ0n) is 11.1. The fourth-order valence-electron chi connectivity index (χ4n) is 2.15. The van der Waals surface area contributed by atoms with Gasteiger partial charge in [-0.1, -0.05) is 18.2 Å². The molecule has 0 N–H and O–H groups in total. The van der Waals surface area contributed by atoms with Crippen LogP contribution in [0.4, 0.5) is 0 Å². The molecule has 21 heavy (non-hydrogen) atoms. The van der Waals surface area contributed by atoms with Crippen molar-refractivity contribution in [1.29, 1.82) is 0 Å². The van der Waals surface area contributed by atoms with Gasteiger partial charge in [-0.3, -0.25) is 0 Å². The number of carbonyl (C=O) groups excluding carboxylic acids is 1. The van der Waals surface area contributed by atoms with Crippen LogP contribution in [0.15, 0.2) is 58.3 Å². The smallest absolute Gasteiger partial charge is 0.357 e. The Labute approximate surface area is 118 Å². The van der Waals surface area contributed by atoms with E-state index < -0.39 is 17.3 Å². The number of fused-ring (bicyclic) bond motifs is 1. The normalized spacial score (nSPS) is 10.7. The molecule has 0 saturated heterocycles.